The number of aromatic nitrogens is 1. The predicted octanol–water partition coefficient (Wildman–Crippen LogP) is 3.61. The highest BCUT2D eigenvalue weighted by Crippen LogP contribution is 2.24. The van der Waals surface area contributed by atoms with E-state index in [1.807, 2.05) is 41.3 Å². The van der Waals surface area contributed by atoms with Crippen molar-refractivity contribution in [2.75, 3.05) is 32.1 Å². The van der Waals surface area contributed by atoms with Gasteiger partial charge >= 0.3 is 6.03 Å². The SMILES string of the molecule is CCN1CCC[C@H]1CN(Cc1ccncc1)C(=O)Nc1ccccc1OC. The Morgan fingerprint density at radius 2 is 2.07 bits per heavy atom. The van der Waals surface area contributed by atoms with Gasteiger partial charge in [-0.1, -0.05) is 19.1 Å². The highest BCUT2D eigenvalue weighted by atomic mass is 16.5. The van der Waals surface area contributed by atoms with Crippen LogP contribution in [0.25, 0.3) is 0 Å². The molecule has 2 heterocycles. The molecule has 1 fully saturated rings. The largest absolute Gasteiger partial charge is 0.495 e. The Morgan fingerprint density at radius 1 is 1.30 bits per heavy atom. The van der Waals surface area contributed by atoms with Crippen LogP contribution in [0, 0.1) is 0 Å². The molecule has 2 aromatic rings. The zero-order chi connectivity index (χ0) is 19.1. The summed E-state index contributed by atoms with van der Waals surface area (Å²) in [5.74, 6) is 0.658. The minimum Gasteiger partial charge on any atom is -0.495 e. The van der Waals surface area contributed by atoms with Crippen LogP contribution in [0.2, 0.25) is 0 Å². The average molecular weight is 368 g/mol. The van der Waals surface area contributed by atoms with Gasteiger partial charge in [0.25, 0.3) is 0 Å². The molecule has 144 valence electrons. The van der Waals surface area contributed by atoms with Gasteiger partial charge in [0, 0.05) is 31.5 Å². The number of benzene rings is 1. The van der Waals surface area contributed by atoms with Gasteiger partial charge in [0.05, 0.1) is 12.8 Å². The van der Waals surface area contributed by atoms with Crippen LogP contribution in [-0.4, -0.2) is 53.6 Å². The molecule has 1 saturated heterocycles. The van der Waals surface area contributed by atoms with Crippen LogP contribution < -0.4 is 10.1 Å². The number of nitrogens with zero attached hydrogens (tertiary/aromatic N) is 3. The molecule has 0 aliphatic carbocycles. The summed E-state index contributed by atoms with van der Waals surface area (Å²) in [6.07, 6.45) is 5.84. The Bertz CT molecular complexity index is 738. The fourth-order valence-electron chi connectivity index (χ4n) is 3.64. The number of amides is 2. The molecular formula is C21H28N4O2. The third kappa shape index (κ3) is 4.98. The van der Waals surface area contributed by atoms with Crippen molar-refractivity contribution in [3.05, 3.63) is 54.4 Å². The molecule has 1 aromatic heterocycles. The minimum atomic E-state index is -0.112. The average Bonchev–Trinajstić information content (AvgIpc) is 3.16. The maximum atomic E-state index is 13.1. The highest BCUT2D eigenvalue weighted by molar-refractivity contribution is 5.91. The second kappa shape index (κ2) is 9.37. The van der Waals surface area contributed by atoms with E-state index >= 15 is 0 Å². The van der Waals surface area contributed by atoms with E-state index < -0.39 is 0 Å². The minimum absolute atomic E-state index is 0.112. The van der Waals surface area contributed by atoms with Crippen LogP contribution >= 0.6 is 0 Å². The van der Waals surface area contributed by atoms with Gasteiger partial charge in [0.1, 0.15) is 5.75 Å². The Morgan fingerprint density at radius 3 is 2.81 bits per heavy atom. The van der Waals surface area contributed by atoms with E-state index in [0.717, 1.165) is 25.1 Å². The van der Waals surface area contributed by atoms with Crippen LogP contribution in [0.3, 0.4) is 0 Å². The van der Waals surface area contributed by atoms with E-state index in [9.17, 15) is 4.79 Å². The number of rotatable bonds is 7. The lowest BCUT2D eigenvalue weighted by molar-refractivity contribution is 0.175. The van der Waals surface area contributed by atoms with Crippen molar-refractivity contribution >= 4 is 11.7 Å². The summed E-state index contributed by atoms with van der Waals surface area (Å²) in [5, 5.41) is 3.02. The predicted molar refractivity (Wildman–Crippen MR) is 107 cm³/mol. The number of anilines is 1. The fraction of sp³-hybridized carbons (Fsp3) is 0.429. The Labute approximate surface area is 161 Å². The number of pyridine rings is 1. The van der Waals surface area contributed by atoms with Crippen LogP contribution in [0.4, 0.5) is 10.5 Å². The van der Waals surface area contributed by atoms with Crippen molar-refractivity contribution < 1.29 is 9.53 Å². The molecule has 1 aliphatic heterocycles. The van der Waals surface area contributed by atoms with Crippen LogP contribution in [0.1, 0.15) is 25.3 Å². The standard InChI is InChI=1S/C21H28N4O2/c1-3-24-14-6-7-18(24)16-25(15-17-10-12-22-13-11-17)21(26)23-19-8-4-5-9-20(19)27-2/h4-5,8-13,18H,3,6-7,14-16H2,1-2H3,(H,23,26)/t18-/m0/s1. The van der Waals surface area contributed by atoms with Gasteiger partial charge < -0.3 is 15.0 Å². The third-order valence-corrected chi connectivity index (χ3v) is 5.09. The highest BCUT2D eigenvalue weighted by Gasteiger charge is 2.27. The van der Waals surface area contributed by atoms with Gasteiger partial charge in [-0.2, -0.15) is 0 Å². The van der Waals surface area contributed by atoms with Gasteiger partial charge in [-0.25, -0.2) is 4.79 Å². The molecule has 27 heavy (non-hydrogen) atoms. The molecule has 2 amide bonds. The number of para-hydroxylation sites is 2. The van der Waals surface area contributed by atoms with Crippen molar-refractivity contribution in [3.63, 3.8) is 0 Å². The van der Waals surface area contributed by atoms with E-state index in [-0.39, 0.29) is 6.03 Å². The number of nitrogens with one attached hydrogen (secondary N) is 1. The lowest BCUT2D eigenvalue weighted by Gasteiger charge is -2.30. The molecule has 0 bridgehead atoms. The second-order valence-corrected chi connectivity index (χ2v) is 6.79. The summed E-state index contributed by atoms with van der Waals surface area (Å²) >= 11 is 0. The second-order valence-electron chi connectivity index (χ2n) is 6.79. The summed E-state index contributed by atoms with van der Waals surface area (Å²) in [4.78, 5) is 21.5. The number of methoxy groups -OCH3 is 1. The molecule has 1 aromatic carbocycles. The Kier molecular flexibility index (Phi) is 6.65. The van der Waals surface area contributed by atoms with Crippen molar-refractivity contribution in [3.8, 4) is 5.75 Å². The number of urea groups is 1. The van der Waals surface area contributed by atoms with Crippen molar-refractivity contribution in [2.24, 2.45) is 0 Å². The van der Waals surface area contributed by atoms with Gasteiger partial charge in [0.2, 0.25) is 0 Å². The van der Waals surface area contributed by atoms with E-state index in [1.54, 1.807) is 19.5 Å². The lowest BCUT2D eigenvalue weighted by Crippen LogP contribution is -2.44. The third-order valence-electron chi connectivity index (χ3n) is 5.09. The molecule has 0 spiro atoms. The Balaban J connectivity index is 1.76. The zero-order valence-electron chi connectivity index (χ0n) is 16.1. The summed E-state index contributed by atoms with van der Waals surface area (Å²) in [6.45, 7) is 5.56. The molecule has 1 N–H and O–H groups in total. The fourth-order valence-corrected chi connectivity index (χ4v) is 3.64. The van der Waals surface area contributed by atoms with Crippen LogP contribution in [0.5, 0.6) is 5.75 Å². The van der Waals surface area contributed by atoms with E-state index in [2.05, 4.69) is 22.1 Å². The first-order chi connectivity index (χ1) is 13.2. The molecule has 0 radical (unpaired) electrons. The maximum Gasteiger partial charge on any atom is 0.322 e. The number of carbonyl (C=O) groups excluding carboxylic acids is 1. The summed E-state index contributed by atoms with van der Waals surface area (Å²) < 4.78 is 5.36. The van der Waals surface area contributed by atoms with Crippen molar-refractivity contribution in [2.45, 2.75) is 32.4 Å². The maximum absolute atomic E-state index is 13.1. The first-order valence-corrected chi connectivity index (χ1v) is 9.53. The summed E-state index contributed by atoms with van der Waals surface area (Å²) in [6, 6.07) is 11.7. The van der Waals surface area contributed by atoms with Gasteiger partial charge in [0.15, 0.2) is 0 Å². The van der Waals surface area contributed by atoms with Gasteiger partial charge in [-0.15, -0.1) is 0 Å². The van der Waals surface area contributed by atoms with Crippen LogP contribution in [-0.2, 0) is 6.54 Å². The topological polar surface area (TPSA) is 57.7 Å². The first kappa shape index (κ1) is 19.2. The Hall–Kier alpha value is -2.60. The molecule has 1 aliphatic rings. The van der Waals surface area contributed by atoms with E-state index in [4.69, 9.17) is 4.74 Å². The lowest BCUT2D eigenvalue weighted by atomic mass is 10.2. The van der Waals surface area contributed by atoms with Crippen LogP contribution in [0.15, 0.2) is 48.8 Å². The van der Waals surface area contributed by atoms with Crippen molar-refractivity contribution in [1.82, 2.24) is 14.8 Å². The quantitative estimate of drug-likeness (QED) is 0.811. The monoisotopic (exact) mass is 368 g/mol. The van der Waals surface area contributed by atoms with Gasteiger partial charge in [-0.05, 0) is 55.8 Å². The molecule has 6 nitrogen and oxygen atoms in total. The number of carbonyl (C=O) groups is 1. The zero-order valence-corrected chi connectivity index (χ0v) is 16.1. The number of likely N-dealkylation sites (tertiary alicyclic amines) is 1. The van der Waals surface area contributed by atoms with Gasteiger partial charge in [-0.3, -0.25) is 9.88 Å². The summed E-state index contributed by atoms with van der Waals surface area (Å²) in [5.41, 5.74) is 1.75. The molecular weight excluding hydrogens is 340 g/mol. The molecule has 0 unspecified atom stereocenters. The molecule has 6 heteroatoms. The number of hydrogen-bond donors (Lipinski definition) is 1. The summed E-state index contributed by atoms with van der Waals surface area (Å²) in [7, 11) is 1.61. The first-order valence-electron chi connectivity index (χ1n) is 9.53. The van der Waals surface area contributed by atoms with E-state index in [0.29, 0.717) is 30.6 Å². The normalized spacial score (nSPS) is 16.9. The number of likely N-dealkylation sites (N-methyl/N-ethyl adjacent to an activating group) is 1. The number of hydrogen-bond acceptors (Lipinski definition) is 4. The van der Waals surface area contributed by atoms with Crippen molar-refractivity contribution in [1.29, 1.82) is 0 Å². The van der Waals surface area contributed by atoms with E-state index in [1.165, 1.54) is 6.42 Å². The number of ether oxygens (including phenoxy) is 1. The molecule has 1 atom stereocenters. The molecule has 3 rings (SSSR count). The molecule has 0 saturated carbocycles. The smallest absolute Gasteiger partial charge is 0.322 e.